The molecule has 0 aliphatic carbocycles. The van der Waals surface area contributed by atoms with Crippen molar-refractivity contribution in [3.8, 4) is 0 Å². The minimum atomic E-state index is -4.73. The maximum Gasteiger partial charge on any atom is 0.418 e. The molecule has 1 aromatic rings. The molecule has 0 bridgehead atoms. The number of carbonyl (C=O) groups excluding carboxylic acids is 3. The highest BCUT2D eigenvalue weighted by Gasteiger charge is 2.36. The van der Waals surface area contributed by atoms with Crippen molar-refractivity contribution in [1.82, 2.24) is 9.80 Å². The van der Waals surface area contributed by atoms with Crippen molar-refractivity contribution >= 4 is 35.5 Å². The van der Waals surface area contributed by atoms with Gasteiger partial charge in [-0.25, -0.2) is 0 Å². The Hall–Kier alpha value is -2.29. The molecule has 0 N–H and O–H groups in total. The Morgan fingerprint density at radius 2 is 1.85 bits per heavy atom. The lowest BCUT2D eigenvalue weighted by Gasteiger charge is -2.34. The molecule has 3 amide bonds. The van der Waals surface area contributed by atoms with Gasteiger partial charge in [0.25, 0.3) is 0 Å². The Morgan fingerprint density at radius 3 is 2.35 bits per heavy atom. The van der Waals surface area contributed by atoms with Crippen LogP contribution in [-0.4, -0.2) is 60.7 Å². The number of carbonyl (C=O) groups is 3. The Labute approximate surface area is 153 Å². The average Bonchev–Trinajstić information content (AvgIpc) is 2.58. The molecule has 6 nitrogen and oxygen atoms in total. The quantitative estimate of drug-likeness (QED) is 0.738. The third-order valence-electron chi connectivity index (χ3n) is 4.04. The number of hydrogen-bond donors (Lipinski definition) is 0. The third-order valence-corrected chi connectivity index (χ3v) is 4.28. The van der Waals surface area contributed by atoms with Crippen molar-refractivity contribution in [2.24, 2.45) is 0 Å². The minimum absolute atomic E-state index is 0.124. The van der Waals surface area contributed by atoms with Crippen LogP contribution >= 0.6 is 11.6 Å². The number of benzene rings is 1. The maximum atomic E-state index is 13.3. The van der Waals surface area contributed by atoms with E-state index in [1.54, 1.807) is 0 Å². The summed E-state index contributed by atoms with van der Waals surface area (Å²) >= 11 is 5.65. The molecule has 26 heavy (non-hydrogen) atoms. The van der Waals surface area contributed by atoms with Crippen molar-refractivity contribution in [3.63, 3.8) is 0 Å². The average molecular weight is 392 g/mol. The first kappa shape index (κ1) is 20.0. The number of rotatable bonds is 4. The number of amides is 3. The van der Waals surface area contributed by atoms with E-state index in [4.69, 9.17) is 11.6 Å². The Morgan fingerprint density at radius 1 is 1.23 bits per heavy atom. The Bertz CT molecular complexity index is 704. The van der Waals surface area contributed by atoms with Gasteiger partial charge < -0.3 is 14.7 Å². The lowest BCUT2D eigenvalue weighted by Crippen LogP contribution is -2.51. The van der Waals surface area contributed by atoms with Crippen molar-refractivity contribution in [1.29, 1.82) is 0 Å². The van der Waals surface area contributed by atoms with E-state index in [-0.39, 0.29) is 18.1 Å². The van der Waals surface area contributed by atoms with Crippen LogP contribution in [0, 0.1) is 0 Å². The van der Waals surface area contributed by atoms with E-state index in [0.29, 0.717) is 19.5 Å². The van der Waals surface area contributed by atoms with Gasteiger partial charge in [-0.15, -0.1) is 0 Å². The molecule has 10 heteroatoms. The molecule has 0 saturated carbocycles. The van der Waals surface area contributed by atoms with Crippen molar-refractivity contribution < 1.29 is 27.6 Å². The van der Waals surface area contributed by atoms with Gasteiger partial charge in [0, 0.05) is 38.1 Å². The van der Waals surface area contributed by atoms with Gasteiger partial charge in [-0.2, -0.15) is 13.2 Å². The van der Waals surface area contributed by atoms with Crippen LogP contribution in [0.15, 0.2) is 18.2 Å². The van der Waals surface area contributed by atoms with E-state index < -0.39 is 35.8 Å². The fraction of sp³-hybridized carbons (Fsp3) is 0.438. The summed E-state index contributed by atoms with van der Waals surface area (Å²) in [5.41, 5.74) is -1.51. The molecular formula is C16H17ClF3N3O3. The van der Waals surface area contributed by atoms with E-state index >= 15 is 0 Å². The number of anilines is 1. The second-order valence-corrected chi connectivity index (χ2v) is 6.22. The van der Waals surface area contributed by atoms with Crippen LogP contribution in [0.25, 0.3) is 0 Å². The Balaban J connectivity index is 2.24. The number of nitrogens with zero attached hydrogens (tertiary/aromatic N) is 3. The van der Waals surface area contributed by atoms with E-state index in [1.165, 1.54) is 15.9 Å². The molecule has 0 aromatic heterocycles. The summed E-state index contributed by atoms with van der Waals surface area (Å²) in [6, 6.07) is 3.03. The predicted octanol–water partition coefficient (Wildman–Crippen LogP) is 2.01. The monoisotopic (exact) mass is 391 g/mol. The summed E-state index contributed by atoms with van der Waals surface area (Å²) in [5, 5.41) is -0.124. The van der Waals surface area contributed by atoms with Crippen LogP contribution in [-0.2, 0) is 20.6 Å². The van der Waals surface area contributed by atoms with Crippen molar-refractivity contribution in [3.05, 3.63) is 28.8 Å². The molecule has 1 aromatic carbocycles. The number of hydrogen-bond acceptors (Lipinski definition) is 3. The summed E-state index contributed by atoms with van der Waals surface area (Å²) in [4.78, 5) is 38.7. The van der Waals surface area contributed by atoms with E-state index in [2.05, 4.69) is 0 Å². The van der Waals surface area contributed by atoms with Gasteiger partial charge in [-0.05, 0) is 18.2 Å². The summed E-state index contributed by atoms with van der Waals surface area (Å²) in [5.74, 6) is -1.19. The molecule has 0 radical (unpaired) electrons. The van der Waals surface area contributed by atoms with Crippen LogP contribution in [0.2, 0.25) is 5.02 Å². The lowest BCUT2D eigenvalue weighted by molar-refractivity contribution is -0.138. The largest absolute Gasteiger partial charge is 0.418 e. The summed E-state index contributed by atoms with van der Waals surface area (Å²) in [7, 11) is 0. The predicted molar refractivity (Wildman–Crippen MR) is 88.7 cm³/mol. The smallest absolute Gasteiger partial charge is 0.342 e. The zero-order chi connectivity index (χ0) is 19.5. The standard InChI is InChI=1S/C16H17ClF3N3O3/c1-11(25)23(9-15(26)22-6-4-21(10-24)5-7-22)14-3-2-12(17)8-13(14)16(18,19)20/h2-3,8,10H,4-7,9H2,1H3. The van der Waals surface area contributed by atoms with E-state index in [9.17, 15) is 27.6 Å². The van der Waals surface area contributed by atoms with Gasteiger partial charge in [0.2, 0.25) is 18.2 Å². The summed E-state index contributed by atoms with van der Waals surface area (Å²) in [6.45, 7) is 1.76. The zero-order valence-corrected chi connectivity index (χ0v) is 14.7. The SMILES string of the molecule is CC(=O)N(CC(=O)N1CCN(C=O)CC1)c1ccc(Cl)cc1C(F)(F)F. The van der Waals surface area contributed by atoms with Gasteiger partial charge in [0.15, 0.2) is 0 Å². The fourth-order valence-electron chi connectivity index (χ4n) is 2.65. The topological polar surface area (TPSA) is 60.9 Å². The van der Waals surface area contributed by atoms with Gasteiger partial charge >= 0.3 is 6.18 Å². The highest BCUT2D eigenvalue weighted by atomic mass is 35.5. The first-order valence-electron chi connectivity index (χ1n) is 7.75. The molecule has 1 fully saturated rings. The second-order valence-electron chi connectivity index (χ2n) is 5.79. The van der Waals surface area contributed by atoms with Crippen LogP contribution in [0.3, 0.4) is 0 Å². The highest BCUT2D eigenvalue weighted by Crippen LogP contribution is 2.38. The third kappa shape index (κ3) is 4.66. The van der Waals surface area contributed by atoms with E-state index in [1.807, 2.05) is 0 Å². The van der Waals surface area contributed by atoms with Crippen molar-refractivity contribution in [2.75, 3.05) is 37.6 Å². The molecule has 0 atom stereocenters. The van der Waals surface area contributed by atoms with Gasteiger partial charge in [-0.3, -0.25) is 14.4 Å². The van der Waals surface area contributed by atoms with Gasteiger partial charge in [0.05, 0.1) is 11.3 Å². The first-order chi connectivity index (χ1) is 12.1. The zero-order valence-electron chi connectivity index (χ0n) is 13.9. The van der Waals surface area contributed by atoms with E-state index in [0.717, 1.165) is 24.0 Å². The molecular weight excluding hydrogens is 375 g/mol. The molecule has 142 valence electrons. The molecule has 0 spiro atoms. The molecule has 0 unspecified atom stereocenters. The number of piperazine rings is 1. The molecule has 1 heterocycles. The molecule has 1 aliphatic rings. The maximum absolute atomic E-state index is 13.3. The van der Waals surface area contributed by atoms with Crippen molar-refractivity contribution in [2.45, 2.75) is 13.1 Å². The Kier molecular flexibility index (Phi) is 6.12. The fourth-order valence-corrected chi connectivity index (χ4v) is 2.82. The van der Waals surface area contributed by atoms with Crippen LogP contribution in [0.5, 0.6) is 0 Å². The normalized spacial score (nSPS) is 15.0. The van der Waals surface area contributed by atoms with Gasteiger partial charge in [-0.1, -0.05) is 11.6 Å². The summed E-state index contributed by atoms with van der Waals surface area (Å²) < 4.78 is 39.9. The highest BCUT2D eigenvalue weighted by molar-refractivity contribution is 6.30. The summed E-state index contributed by atoms with van der Waals surface area (Å²) in [6.07, 6.45) is -4.06. The number of halogens is 4. The van der Waals surface area contributed by atoms with Crippen LogP contribution in [0.4, 0.5) is 18.9 Å². The second kappa shape index (κ2) is 7.94. The van der Waals surface area contributed by atoms with Gasteiger partial charge in [0.1, 0.15) is 6.54 Å². The molecule has 2 rings (SSSR count). The first-order valence-corrected chi connectivity index (χ1v) is 8.13. The number of alkyl halides is 3. The van der Waals surface area contributed by atoms with Crippen LogP contribution in [0.1, 0.15) is 12.5 Å². The lowest BCUT2D eigenvalue weighted by atomic mass is 10.1. The minimum Gasteiger partial charge on any atom is -0.342 e. The molecule has 1 aliphatic heterocycles. The van der Waals surface area contributed by atoms with Crippen LogP contribution < -0.4 is 4.90 Å². The molecule has 1 saturated heterocycles.